The van der Waals surface area contributed by atoms with E-state index in [1.807, 2.05) is 10.6 Å². The number of morpholine rings is 1. The summed E-state index contributed by atoms with van der Waals surface area (Å²) in [5.41, 5.74) is 5.17. The average molecular weight is 424 g/mol. The van der Waals surface area contributed by atoms with Crippen molar-refractivity contribution in [2.45, 2.75) is 46.2 Å². The Balaban J connectivity index is 1.36. The SMILES string of the molecule is CCc1cc(CNc2cc3ncn(CCCCN4CCOCC4)c3c(=O)[nH]2)ccc1C. The van der Waals surface area contributed by atoms with Gasteiger partial charge in [0.05, 0.1) is 25.1 Å². The Hall–Kier alpha value is -2.64. The van der Waals surface area contributed by atoms with Gasteiger partial charge < -0.3 is 19.6 Å². The molecule has 1 aromatic carbocycles. The molecule has 0 bridgehead atoms. The van der Waals surface area contributed by atoms with Gasteiger partial charge in [0.15, 0.2) is 0 Å². The zero-order valence-electron chi connectivity index (χ0n) is 18.6. The Morgan fingerprint density at radius 1 is 1.16 bits per heavy atom. The van der Waals surface area contributed by atoms with E-state index in [4.69, 9.17) is 4.74 Å². The van der Waals surface area contributed by atoms with Crippen molar-refractivity contribution < 1.29 is 4.74 Å². The summed E-state index contributed by atoms with van der Waals surface area (Å²) in [5, 5.41) is 3.34. The fourth-order valence-electron chi connectivity index (χ4n) is 4.22. The standard InChI is InChI=1S/C24H33N5O2/c1-3-20-14-19(7-6-18(20)2)16-25-22-15-21-23(24(30)27-22)29(17-26-21)9-5-4-8-28-10-12-31-13-11-28/h6-7,14-15,17H,3-5,8-13,16H2,1-2H3,(H2,25,27,30). The van der Waals surface area contributed by atoms with E-state index in [2.05, 4.69) is 52.2 Å². The van der Waals surface area contributed by atoms with Crippen LogP contribution in [-0.4, -0.2) is 52.3 Å². The molecule has 4 rings (SSSR count). The predicted octanol–water partition coefficient (Wildman–Crippen LogP) is 3.32. The van der Waals surface area contributed by atoms with E-state index in [-0.39, 0.29) is 5.56 Å². The van der Waals surface area contributed by atoms with E-state index in [9.17, 15) is 4.79 Å². The van der Waals surface area contributed by atoms with Gasteiger partial charge in [-0.2, -0.15) is 0 Å². The highest BCUT2D eigenvalue weighted by Crippen LogP contribution is 2.16. The van der Waals surface area contributed by atoms with E-state index in [1.54, 1.807) is 6.33 Å². The van der Waals surface area contributed by atoms with Crippen molar-refractivity contribution in [3.8, 4) is 0 Å². The number of aromatic nitrogens is 3. The van der Waals surface area contributed by atoms with Crippen LogP contribution in [0, 0.1) is 6.92 Å². The van der Waals surface area contributed by atoms with Gasteiger partial charge in [-0.3, -0.25) is 9.69 Å². The van der Waals surface area contributed by atoms with Gasteiger partial charge in [-0.25, -0.2) is 4.98 Å². The van der Waals surface area contributed by atoms with E-state index < -0.39 is 0 Å². The number of pyridine rings is 1. The number of rotatable bonds is 9. The average Bonchev–Trinajstić information content (AvgIpc) is 3.20. The molecule has 2 aromatic heterocycles. The van der Waals surface area contributed by atoms with Gasteiger partial charge >= 0.3 is 0 Å². The summed E-state index contributed by atoms with van der Waals surface area (Å²) < 4.78 is 7.37. The Morgan fingerprint density at radius 3 is 2.77 bits per heavy atom. The molecule has 0 saturated carbocycles. The van der Waals surface area contributed by atoms with Gasteiger partial charge in [0.1, 0.15) is 11.3 Å². The molecule has 1 saturated heterocycles. The van der Waals surface area contributed by atoms with Gasteiger partial charge in [-0.15, -0.1) is 0 Å². The van der Waals surface area contributed by atoms with Gasteiger partial charge in [-0.05, 0) is 49.4 Å². The van der Waals surface area contributed by atoms with E-state index in [0.717, 1.165) is 64.2 Å². The molecule has 0 spiro atoms. The smallest absolute Gasteiger partial charge is 0.275 e. The molecule has 2 N–H and O–H groups in total. The van der Waals surface area contributed by atoms with Gasteiger partial charge in [-0.1, -0.05) is 25.1 Å². The first-order valence-electron chi connectivity index (χ1n) is 11.3. The lowest BCUT2D eigenvalue weighted by Crippen LogP contribution is -2.36. The van der Waals surface area contributed by atoms with Crippen molar-refractivity contribution in [1.29, 1.82) is 0 Å². The lowest BCUT2D eigenvalue weighted by atomic mass is 10.0. The van der Waals surface area contributed by atoms with Crippen LogP contribution in [0.2, 0.25) is 0 Å². The topological polar surface area (TPSA) is 75.2 Å². The van der Waals surface area contributed by atoms with Gasteiger partial charge in [0.2, 0.25) is 0 Å². The van der Waals surface area contributed by atoms with Crippen LogP contribution in [0.25, 0.3) is 11.0 Å². The zero-order valence-corrected chi connectivity index (χ0v) is 18.6. The molecule has 7 nitrogen and oxygen atoms in total. The summed E-state index contributed by atoms with van der Waals surface area (Å²) in [5.74, 6) is 0.702. The Labute approximate surface area is 183 Å². The molecule has 3 aromatic rings. The first-order valence-corrected chi connectivity index (χ1v) is 11.3. The van der Waals surface area contributed by atoms with Gasteiger partial charge in [0, 0.05) is 32.2 Å². The van der Waals surface area contributed by atoms with Crippen LogP contribution in [0.15, 0.2) is 35.4 Å². The molecule has 1 fully saturated rings. The zero-order chi connectivity index (χ0) is 21.6. The van der Waals surface area contributed by atoms with Crippen molar-refractivity contribution in [2.75, 3.05) is 38.2 Å². The number of hydrogen-bond acceptors (Lipinski definition) is 5. The number of benzene rings is 1. The second-order valence-corrected chi connectivity index (χ2v) is 8.31. The number of nitrogens with zero attached hydrogens (tertiary/aromatic N) is 3. The normalized spacial score (nSPS) is 14.9. The summed E-state index contributed by atoms with van der Waals surface area (Å²) in [6, 6.07) is 8.44. The van der Waals surface area contributed by atoms with Crippen molar-refractivity contribution in [3.05, 3.63) is 57.6 Å². The first kappa shape index (κ1) is 21.6. The second kappa shape index (κ2) is 10.1. The lowest BCUT2D eigenvalue weighted by molar-refractivity contribution is 0.0371. The number of anilines is 1. The maximum absolute atomic E-state index is 12.7. The molecule has 31 heavy (non-hydrogen) atoms. The first-order chi connectivity index (χ1) is 15.1. The molecule has 0 radical (unpaired) electrons. The largest absolute Gasteiger partial charge is 0.379 e. The molecule has 1 aliphatic heterocycles. The summed E-state index contributed by atoms with van der Waals surface area (Å²) in [6.45, 7) is 10.6. The molecule has 3 heterocycles. The monoisotopic (exact) mass is 423 g/mol. The van der Waals surface area contributed by atoms with Crippen molar-refractivity contribution in [1.82, 2.24) is 19.4 Å². The quantitative estimate of drug-likeness (QED) is 0.517. The van der Waals surface area contributed by atoms with Crippen LogP contribution in [0.4, 0.5) is 5.82 Å². The molecule has 166 valence electrons. The Kier molecular flexibility index (Phi) is 7.04. The maximum Gasteiger partial charge on any atom is 0.275 e. The minimum absolute atomic E-state index is 0.0937. The number of unbranched alkanes of at least 4 members (excludes halogenated alkanes) is 1. The lowest BCUT2D eigenvalue weighted by Gasteiger charge is -2.26. The number of fused-ring (bicyclic) bond motifs is 1. The number of ether oxygens (including phenoxy) is 1. The van der Waals surface area contributed by atoms with Crippen LogP contribution in [-0.2, 0) is 24.2 Å². The van der Waals surface area contributed by atoms with Crippen LogP contribution < -0.4 is 10.9 Å². The highest BCUT2D eigenvalue weighted by atomic mass is 16.5. The van der Waals surface area contributed by atoms with Crippen LogP contribution >= 0.6 is 0 Å². The fraction of sp³-hybridized carbons (Fsp3) is 0.500. The van der Waals surface area contributed by atoms with Crippen LogP contribution in [0.3, 0.4) is 0 Å². The number of hydrogen-bond donors (Lipinski definition) is 2. The molecule has 0 aliphatic carbocycles. The molecular weight excluding hydrogens is 390 g/mol. The molecule has 1 aliphatic rings. The summed E-state index contributed by atoms with van der Waals surface area (Å²) in [6.07, 6.45) is 4.93. The molecule has 0 amide bonds. The second-order valence-electron chi connectivity index (χ2n) is 8.31. The number of aromatic amines is 1. The fourth-order valence-corrected chi connectivity index (χ4v) is 4.22. The third-order valence-corrected chi connectivity index (χ3v) is 6.11. The Bertz CT molecular complexity index is 1070. The number of nitrogens with one attached hydrogen (secondary N) is 2. The van der Waals surface area contributed by atoms with E-state index in [1.165, 1.54) is 16.7 Å². The molecule has 0 atom stereocenters. The highest BCUT2D eigenvalue weighted by Gasteiger charge is 2.11. The van der Waals surface area contributed by atoms with Crippen LogP contribution in [0.1, 0.15) is 36.5 Å². The molecule has 7 heteroatoms. The third-order valence-electron chi connectivity index (χ3n) is 6.11. The number of H-pyrrole nitrogens is 1. The highest BCUT2D eigenvalue weighted by molar-refractivity contribution is 5.77. The third kappa shape index (κ3) is 5.35. The summed E-state index contributed by atoms with van der Waals surface area (Å²) >= 11 is 0. The van der Waals surface area contributed by atoms with E-state index in [0.29, 0.717) is 17.9 Å². The molecule has 0 unspecified atom stereocenters. The summed E-state index contributed by atoms with van der Waals surface area (Å²) in [4.78, 5) is 22.6. The van der Waals surface area contributed by atoms with Crippen LogP contribution in [0.5, 0.6) is 0 Å². The molecular formula is C24H33N5O2. The minimum atomic E-state index is -0.0937. The minimum Gasteiger partial charge on any atom is -0.379 e. The predicted molar refractivity (Wildman–Crippen MR) is 125 cm³/mol. The van der Waals surface area contributed by atoms with Crippen molar-refractivity contribution in [3.63, 3.8) is 0 Å². The number of aryl methyl sites for hydroxylation is 3. The Morgan fingerprint density at radius 2 is 1.97 bits per heavy atom. The number of imidazole rings is 1. The summed E-state index contributed by atoms with van der Waals surface area (Å²) in [7, 11) is 0. The van der Waals surface area contributed by atoms with Crippen molar-refractivity contribution >= 4 is 16.9 Å². The van der Waals surface area contributed by atoms with Gasteiger partial charge in [0.25, 0.3) is 5.56 Å². The maximum atomic E-state index is 12.7. The van der Waals surface area contributed by atoms with Crippen molar-refractivity contribution in [2.24, 2.45) is 0 Å². The van der Waals surface area contributed by atoms with E-state index >= 15 is 0 Å².